The van der Waals surface area contributed by atoms with Crippen molar-refractivity contribution >= 4 is 0 Å². The lowest BCUT2D eigenvalue weighted by molar-refractivity contribution is -0.540. The maximum atomic E-state index is 11.5. The summed E-state index contributed by atoms with van der Waals surface area (Å²) in [5.74, 6) is 3.21. The Hall–Kier alpha value is -0.600. The van der Waals surface area contributed by atoms with E-state index in [0.29, 0.717) is 11.3 Å². The third kappa shape index (κ3) is 1.86. The van der Waals surface area contributed by atoms with Crippen LogP contribution in [0.15, 0.2) is 0 Å². The molecule has 4 rings (SSSR count). The van der Waals surface area contributed by atoms with Gasteiger partial charge >= 0.3 is 0 Å². The van der Waals surface area contributed by atoms with E-state index in [1.807, 2.05) is 0 Å². The van der Waals surface area contributed by atoms with E-state index in [4.69, 9.17) is 0 Å². The third-order valence-corrected chi connectivity index (χ3v) is 8.79. The van der Waals surface area contributed by atoms with E-state index < -0.39 is 0 Å². The molecular formula is C19H31NO2. The molecule has 3 heteroatoms. The van der Waals surface area contributed by atoms with Crippen LogP contribution in [0.4, 0.5) is 0 Å². The van der Waals surface area contributed by atoms with Crippen molar-refractivity contribution in [2.45, 2.75) is 84.1 Å². The summed E-state index contributed by atoms with van der Waals surface area (Å²) in [6.07, 6.45) is 12.8. The smallest absolute Gasteiger partial charge is 0.218 e. The topological polar surface area (TPSA) is 43.1 Å². The minimum Gasteiger partial charge on any atom is -0.264 e. The first-order chi connectivity index (χ1) is 10.5. The van der Waals surface area contributed by atoms with E-state index >= 15 is 0 Å². The van der Waals surface area contributed by atoms with E-state index in [1.165, 1.54) is 44.9 Å². The summed E-state index contributed by atoms with van der Waals surface area (Å²) in [5, 5.41) is 11.5. The molecule has 0 unspecified atom stereocenters. The highest BCUT2D eigenvalue weighted by atomic mass is 16.6. The van der Waals surface area contributed by atoms with Crippen LogP contribution in [0.3, 0.4) is 0 Å². The van der Waals surface area contributed by atoms with Crippen LogP contribution in [0.5, 0.6) is 0 Å². The normalized spacial score (nSPS) is 54.2. The van der Waals surface area contributed by atoms with Gasteiger partial charge in [-0.05, 0) is 74.0 Å². The van der Waals surface area contributed by atoms with Gasteiger partial charge in [-0.2, -0.15) is 0 Å². The Morgan fingerprint density at radius 3 is 2.41 bits per heavy atom. The molecule has 7 atom stereocenters. The Labute approximate surface area is 134 Å². The summed E-state index contributed by atoms with van der Waals surface area (Å²) < 4.78 is 0. The SMILES string of the molecule is C[C@]12CCCC[C@H]1CC[C@@H]1[C@@H]2CC[C@@]2(C)[C@H]1CC[C@H]2[N+](=O)[O-]. The van der Waals surface area contributed by atoms with Crippen molar-refractivity contribution < 1.29 is 4.92 Å². The van der Waals surface area contributed by atoms with E-state index in [9.17, 15) is 10.1 Å². The van der Waals surface area contributed by atoms with Gasteiger partial charge in [0, 0.05) is 16.8 Å². The molecule has 3 nitrogen and oxygen atoms in total. The number of nitrogens with zero attached hydrogens (tertiary/aromatic N) is 1. The van der Waals surface area contributed by atoms with Gasteiger partial charge in [-0.3, -0.25) is 10.1 Å². The molecule has 4 saturated carbocycles. The first kappa shape index (κ1) is 15.0. The molecule has 0 aromatic carbocycles. The first-order valence-corrected chi connectivity index (χ1v) is 9.60. The lowest BCUT2D eigenvalue weighted by Crippen LogP contribution is -2.54. The molecule has 0 aromatic heterocycles. The van der Waals surface area contributed by atoms with Gasteiger partial charge in [0.25, 0.3) is 0 Å². The van der Waals surface area contributed by atoms with Gasteiger partial charge < -0.3 is 0 Å². The van der Waals surface area contributed by atoms with Crippen molar-refractivity contribution in [3.63, 3.8) is 0 Å². The number of rotatable bonds is 1. The molecule has 4 aliphatic rings. The molecule has 0 bridgehead atoms. The average molecular weight is 305 g/mol. The summed E-state index contributed by atoms with van der Waals surface area (Å²) in [6, 6.07) is -0.268. The van der Waals surface area contributed by atoms with E-state index in [1.54, 1.807) is 0 Å². The molecule has 0 N–H and O–H groups in total. The highest BCUT2D eigenvalue weighted by Crippen LogP contribution is 2.66. The van der Waals surface area contributed by atoms with Gasteiger partial charge in [-0.1, -0.05) is 26.7 Å². The van der Waals surface area contributed by atoms with Gasteiger partial charge in [0.1, 0.15) is 0 Å². The second kappa shape index (κ2) is 4.95. The fraction of sp³-hybridized carbons (Fsp3) is 1.00. The molecule has 0 aliphatic heterocycles. The predicted molar refractivity (Wildman–Crippen MR) is 87.1 cm³/mol. The first-order valence-electron chi connectivity index (χ1n) is 9.60. The van der Waals surface area contributed by atoms with E-state index in [-0.39, 0.29) is 16.4 Å². The summed E-state index contributed by atoms with van der Waals surface area (Å²) in [6.45, 7) is 4.83. The number of fused-ring (bicyclic) bond motifs is 5. The molecule has 0 heterocycles. The standard InChI is InChI=1S/C19H31NO2/c1-18-11-4-3-5-13(18)6-7-14-15-8-9-17(20(21)22)19(15,2)12-10-16(14)18/h13-17H,3-12H2,1-2H3/t13-,14-,15-,16-,17+,18-,19-/m0/s1. The molecule has 0 aromatic rings. The van der Waals surface area contributed by atoms with Crippen molar-refractivity contribution in [1.29, 1.82) is 0 Å². The minimum atomic E-state index is -0.268. The fourth-order valence-corrected chi connectivity index (χ4v) is 7.61. The van der Waals surface area contributed by atoms with Crippen LogP contribution >= 0.6 is 0 Å². The van der Waals surface area contributed by atoms with Gasteiger partial charge in [-0.25, -0.2) is 0 Å². The summed E-state index contributed by atoms with van der Waals surface area (Å²) >= 11 is 0. The Morgan fingerprint density at radius 2 is 1.64 bits per heavy atom. The van der Waals surface area contributed by atoms with Crippen LogP contribution in [0, 0.1) is 44.6 Å². The monoisotopic (exact) mass is 305 g/mol. The van der Waals surface area contributed by atoms with Gasteiger partial charge in [0.05, 0.1) is 0 Å². The summed E-state index contributed by atoms with van der Waals surface area (Å²) in [4.78, 5) is 11.6. The Morgan fingerprint density at radius 1 is 0.864 bits per heavy atom. The van der Waals surface area contributed by atoms with E-state index in [2.05, 4.69) is 13.8 Å². The Kier molecular flexibility index (Phi) is 3.36. The second-order valence-electron chi connectivity index (χ2n) is 9.33. The van der Waals surface area contributed by atoms with Crippen LogP contribution in [-0.2, 0) is 0 Å². The molecule has 0 spiro atoms. The van der Waals surface area contributed by atoms with Crippen LogP contribution in [-0.4, -0.2) is 11.0 Å². The molecule has 0 amide bonds. The van der Waals surface area contributed by atoms with Crippen LogP contribution in [0.1, 0.15) is 78.1 Å². The summed E-state index contributed by atoms with van der Waals surface area (Å²) in [5.41, 5.74) is 0.539. The zero-order valence-corrected chi connectivity index (χ0v) is 14.2. The molecule has 124 valence electrons. The second-order valence-corrected chi connectivity index (χ2v) is 9.33. The maximum absolute atomic E-state index is 11.5. The third-order valence-electron chi connectivity index (χ3n) is 8.79. The number of nitro groups is 1. The molecule has 0 saturated heterocycles. The molecular weight excluding hydrogens is 274 g/mol. The molecule has 4 fully saturated rings. The van der Waals surface area contributed by atoms with Gasteiger partial charge in [0.15, 0.2) is 0 Å². The Bertz CT molecular complexity index is 478. The average Bonchev–Trinajstić information content (AvgIpc) is 2.84. The van der Waals surface area contributed by atoms with Crippen molar-refractivity contribution in [3.05, 3.63) is 10.1 Å². The zero-order chi connectivity index (χ0) is 15.5. The molecule has 0 radical (unpaired) electrons. The highest BCUT2D eigenvalue weighted by molar-refractivity contribution is 5.09. The van der Waals surface area contributed by atoms with Crippen LogP contribution in [0.2, 0.25) is 0 Å². The quantitative estimate of drug-likeness (QED) is 0.501. The minimum absolute atomic E-state index is 0.0114. The van der Waals surface area contributed by atoms with Crippen molar-refractivity contribution in [2.75, 3.05) is 0 Å². The number of hydrogen-bond donors (Lipinski definition) is 0. The van der Waals surface area contributed by atoms with Crippen LogP contribution < -0.4 is 0 Å². The van der Waals surface area contributed by atoms with Crippen LogP contribution in [0.25, 0.3) is 0 Å². The predicted octanol–water partition coefficient (Wildman–Crippen LogP) is 5.06. The lowest BCUT2D eigenvalue weighted by atomic mass is 9.45. The van der Waals surface area contributed by atoms with Crippen molar-refractivity contribution in [3.8, 4) is 0 Å². The summed E-state index contributed by atoms with van der Waals surface area (Å²) in [7, 11) is 0. The maximum Gasteiger partial charge on any atom is 0.218 e. The molecule has 4 aliphatic carbocycles. The molecule has 22 heavy (non-hydrogen) atoms. The van der Waals surface area contributed by atoms with Crippen molar-refractivity contribution in [1.82, 2.24) is 0 Å². The lowest BCUT2D eigenvalue weighted by Gasteiger charge is -2.59. The van der Waals surface area contributed by atoms with E-state index in [0.717, 1.165) is 37.0 Å². The Balaban J connectivity index is 1.63. The van der Waals surface area contributed by atoms with Gasteiger partial charge in [-0.15, -0.1) is 0 Å². The van der Waals surface area contributed by atoms with Gasteiger partial charge in [0.2, 0.25) is 6.04 Å². The zero-order valence-electron chi connectivity index (χ0n) is 14.2. The number of hydrogen-bond acceptors (Lipinski definition) is 2. The highest BCUT2D eigenvalue weighted by Gasteiger charge is 2.62. The van der Waals surface area contributed by atoms with Crippen molar-refractivity contribution in [2.24, 2.45) is 34.5 Å². The fourth-order valence-electron chi connectivity index (χ4n) is 7.61. The largest absolute Gasteiger partial charge is 0.264 e.